The molecule has 3 aromatic rings. The Bertz CT molecular complexity index is 1280. The maximum atomic E-state index is 13.0. The van der Waals surface area contributed by atoms with Crippen LogP contribution in [-0.4, -0.2) is 31.1 Å². The molecule has 0 fully saturated rings. The zero-order valence-electron chi connectivity index (χ0n) is 20.3. The maximum absolute atomic E-state index is 13.0. The van der Waals surface area contributed by atoms with Gasteiger partial charge in [0.2, 0.25) is 17.6 Å². The number of benzene rings is 2. The van der Waals surface area contributed by atoms with Gasteiger partial charge in [-0.15, -0.1) is 0 Å². The van der Waals surface area contributed by atoms with Gasteiger partial charge >= 0.3 is 0 Å². The standard InChI is InChI=1S/C24H30FN5O4S/c1-23(2,3)19(26)21-28-20(29-34-21)15-6-12-18(13-7-15)35(32,33)30-17-10-8-16(9-11-17)27-22(31)24(4,5)14-25/h6-13,19,30H,14,26H2,1-5H3,(H,27,31). The molecule has 1 atom stereocenters. The lowest BCUT2D eigenvalue weighted by molar-refractivity contribution is -0.124. The molecule has 0 spiro atoms. The first-order chi connectivity index (χ1) is 16.2. The summed E-state index contributed by atoms with van der Waals surface area (Å²) in [5.74, 6) is 0.145. The van der Waals surface area contributed by atoms with E-state index in [1.165, 1.54) is 50.2 Å². The summed E-state index contributed by atoms with van der Waals surface area (Å²) in [7, 11) is -3.87. The third-order valence-electron chi connectivity index (χ3n) is 5.41. The van der Waals surface area contributed by atoms with Crippen LogP contribution >= 0.6 is 0 Å². The fraction of sp³-hybridized carbons (Fsp3) is 0.375. The SMILES string of the molecule is CC(C)(CF)C(=O)Nc1ccc(NS(=O)(=O)c2ccc(-c3noc(C(N)C(C)(C)C)n3)cc2)cc1. The molecule has 188 valence electrons. The number of alkyl halides is 1. The van der Waals surface area contributed by atoms with Crippen LogP contribution in [0, 0.1) is 10.8 Å². The van der Waals surface area contributed by atoms with Crippen molar-refractivity contribution in [2.24, 2.45) is 16.6 Å². The van der Waals surface area contributed by atoms with Gasteiger partial charge in [0.1, 0.15) is 6.67 Å². The number of hydrogen-bond acceptors (Lipinski definition) is 7. The van der Waals surface area contributed by atoms with Crippen molar-refractivity contribution in [1.82, 2.24) is 10.1 Å². The molecule has 1 amide bonds. The number of aromatic nitrogens is 2. The number of nitrogens with one attached hydrogen (secondary N) is 2. The second kappa shape index (κ2) is 9.74. The Hall–Kier alpha value is -3.31. The number of carbonyl (C=O) groups excluding carboxylic acids is 1. The number of anilines is 2. The molecular weight excluding hydrogens is 473 g/mol. The monoisotopic (exact) mass is 503 g/mol. The third kappa shape index (κ3) is 6.23. The lowest BCUT2D eigenvalue weighted by Gasteiger charge is -2.23. The van der Waals surface area contributed by atoms with Gasteiger partial charge in [-0.25, -0.2) is 12.8 Å². The number of nitrogens with two attached hydrogens (primary N) is 1. The number of nitrogens with zero attached hydrogens (tertiary/aromatic N) is 2. The highest BCUT2D eigenvalue weighted by atomic mass is 32.2. The fourth-order valence-electron chi connectivity index (χ4n) is 2.83. The van der Waals surface area contributed by atoms with E-state index in [1.807, 2.05) is 20.8 Å². The highest BCUT2D eigenvalue weighted by molar-refractivity contribution is 7.92. The average molecular weight is 504 g/mol. The number of carbonyl (C=O) groups is 1. The second-order valence-corrected chi connectivity index (χ2v) is 11.7. The van der Waals surface area contributed by atoms with Crippen LogP contribution in [0.4, 0.5) is 15.8 Å². The van der Waals surface area contributed by atoms with Crippen LogP contribution in [0.2, 0.25) is 0 Å². The highest BCUT2D eigenvalue weighted by Crippen LogP contribution is 2.30. The average Bonchev–Trinajstić information content (AvgIpc) is 3.29. The van der Waals surface area contributed by atoms with E-state index in [1.54, 1.807) is 12.1 Å². The van der Waals surface area contributed by atoms with E-state index in [-0.39, 0.29) is 10.3 Å². The van der Waals surface area contributed by atoms with Crippen LogP contribution in [0.1, 0.15) is 46.6 Å². The molecule has 0 aliphatic heterocycles. The van der Waals surface area contributed by atoms with Gasteiger partial charge in [0, 0.05) is 16.9 Å². The molecule has 9 nitrogen and oxygen atoms in total. The first kappa shape index (κ1) is 26.3. The molecule has 1 aromatic heterocycles. The van der Waals surface area contributed by atoms with E-state index < -0.39 is 34.1 Å². The van der Waals surface area contributed by atoms with E-state index >= 15 is 0 Å². The second-order valence-electron chi connectivity index (χ2n) is 9.98. The zero-order chi connectivity index (χ0) is 26.0. The lowest BCUT2D eigenvalue weighted by Crippen LogP contribution is -2.32. The van der Waals surface area contributed by atoms with E-state index in [9.17, 15) is 17.6 Å². The maximum Gasteiger partial charge on any atom is 0.261 e. The molecule has 2 aromatic carbocycles. The Balaban J connectivity index is 1.70. The molecular formula is C24H30FN5O4S. The van der Waals surface area contributed by atoms with Gasteiger partial charge in [0.25, 0.3) is 10.0 Å². The molecule has 0 aliphatic rings. The lowest BCUT2D eigenvalue weighted by atomic mass is 9.87. The van der Waals surface area contributed by atoms with E-state index in [2.05, 4.69) is 20.2 Å². The summed E-state index contributed by atoms with van der Waals surface area (Å²) >= 11 is 0. The van der Waals surface area contributed by atoms with Crippen molar-refractivity contribution >= 4 is 27.3 Å². The summed E-state index contributed by atoms with van der Waals surface area (Å²) in [5.41, 5.74) is 6.04. The van der Waals surface area contributed by atoms with Crippen LogP contribution < -0.4 is 15.8 Å². The van der Waals surface area contributed by atoms with Crippen LogP contribution in [0.5, 0.6) is 0 Å². The molecule has 11 heteroatoms. The van der Waals surface area contributed by atoms with Gasteiger partial charge in [0.05, 0.1) is 16.4 Å². The molecule has 0 bridgehead atoms. The van der Waals surface area contributed by atoms with Gasteiger partial charge in [-0.3, -0.25) is 9.52 Å². The Morgan fingerprint density at radius 3 is 2.14 bits per heavy atom. The van der Waals surface area contributed by atoms with Crippen molar-refractivity contribution in [2.45, 2.75) is 45.6 Å². The third-order valence-corrected chi connectivity index (χ3v) is 6.80. The molecule has 4 N–H and O–H groups in total. The number of rotatable bonds is 8. The predicted molar refractivity (Wildman–Crippen MR) is 132 cm³/mol. The van der Waals surface area contributed by atoms with Crippen molar-refractivity contribution in [3.05, 3.63) is 54.4 Å². The Morgan fingerprint density at radius 1 is 1.03 bits per heavy atom. The summed E-state index contributed by atoms with van der Waals surface area (Å²) < 4.78 is 46.3. The normalized spacial score (nSPS) is 13.3. The van der Waals surface area contributed by atoms with Gasteiger partial charge in [0.15, 0.2) is 0 Å². The van der Waals surface area contributed by atoms with Crippen molar-refractivity contribution in [3.8, 4) is 11.4 Å². The van der Waals surface area contributed by atoms with Crippen molar-refractivity contribution in [3.63, 3.8) is 0 Å². The van der Waals surface area contributed by atoms with E-state index in [4.69, 9.17) is 10.3 Å². The molecule has 35 heavy (non-hydrogen) atoms. The number of hydrogen-bond donors (Lipinski definition) is 3. The zero-order valence-corrected chi connectivity index (χ0v) is 21.1. The minimum Gasteiger partial charge on any atom is -0.337 e. The Labute approximate surface area is 204 Å². The molecule has 0 saturated carbocycles. The number of amides is 1. The van der Waals surface area contributed by atoms with Gasteiger partial charge in [-0.05, 0) is 67.8 Å². The minimum absolute atomic E-state index is 0.0402. The van der Waals surface area contributed by atoms with Crippen LogP contribution in [0.25, 0.3) is 11.4 Å². The van der Waals surface area contributed by atoms with E-state index in [0.29, 0.717) is 28.7 Å². The highest BCUT2D eigenvalue weighted by Gasteiger charge is 2.28. The summed E-state index contributed by atoms with van der Waals surface area (Å²) in [4.78, 5) is 16.5. The first-order valence-corrected chi connectivity index (χ1v) is 12.4. The molecule has 0 saturated heterocycles. The first-order valence-electron chi connectivity index (χ1n) is 10.9. The minimum atomic E-state index is -3.87. The predicted octanol–water partition coefficient (Wildman–Crippen LogP) is 4.52. The van der Waals surface area contributed by atoms with Gasteiger partial charge < -0.3 is 15.6 Å². The molecule has 0 aliphatic carbocycles. The fourth-order valence-corrected chi connectivity index (χ4v) is 3.89. The largest absolute Gasteiger partial charge is 0.337 e. The van der Waals surface area contributed by atoms with Crippen molar-refractivity contribution in [2.75, 3.05) is 16.7 Å². The number of sulfonamides is 1. The van der Waals surface area contributed by atoms with Gasteiger partial charge in [-0.1, -0.05) is 25.9 Å². The Kier molecular flexibility index (Phi) is 7.32. The van der Waals surface area contributed by atoms with Crippen LogP contribution in [0.15, 0.2) is 57.9 Å². The van der Waals surface area contributed by atoms with Gasteiger partial charge in [-0.2, -0.15) is 4.98 Å². The Morgan fingerprint density at radius 2 is 1.60 bits per heavy atom. The summed E-state index contributed by atoms with van der Waals surface area (Å²) in [5, 5.41) is 6.56. The molecule has 0 radical (unpaired) electrons. The summed E-state index contributed by atoms with van der Waals surface area (Å²) in [6.07, 6.45) is 0. The topological polar surface area (TPSA) is 140 Å². The van der Waals surface area contributed by atoms with Crippen molar-refractivity contribution < 1.29 is 22.1 Å². The number of halogens is 1. The van der Waals surface area contributed by atoms with Crippen LogP contribution in [0.3, 0.4) is 0 Å². The van der Waals surface area contributed by atoms with E-state index in [0.717, 1.165) is 0 Å². The van der Waals surface area contributed by atoms with Crippen molar-refractivity contribution in [1.29, 1.82) is 0 Å². The smallest absolute Gasteiger partial charge is 0.261 e. The molecule has 1 unspecified atom stereocenters. The molecule has 3 rings (SSSR count). The van der Waals surface area contributed by atoms with Crippen LogP contribution in [-0.2, 0) is 14.8 Å². The summed E-state index contributed by atoms with van der Waals surface area (Å²) in [6, 6.07) is 11.7. The quantitative estimate of drug-likeness (QED) is 0.410. The summed E-state index contributed by atoms with van der Waals surface area (Å²) in [6.45, 7) is 8.08. The molecule has 1 heterocycles.